The molecule has 1 N–H and O–H groups in total. The van der Waals surface area contributed by atoms with E-state index >= 15 is 0 Å². The molecular formula is C8H7N3OS. The molecule has 0 unspecified atom stereocenters. The Balaban J connectivity index is 2.20. The van der Waals surface area contributed by atoms with E-state index in [0.717, 1.165) is 11.4 Å². The molecule has 0 aliphatic carbocycles. The maximum atomic E-state index is 4.80. The molecule has 0 amide bonds. The summed E-state index contributed by atoms with van der Waals surface area (Å²) in [6, 6.07) is 3.84. The van der Waals surface area contributed by atoms with Crippen molar-refractivity contribution in [3.05, 3.63) is 40.8 Å². The molecule has 0 bridgehead atoms. The molecule has 2 aromatic rings. The lowest BCUT2D eigenvalue weighted by Crippen LogP contribution is -1.90. The first-order chi connectivity index (χ1) is 6.34. The lowest BCUT2D eigenvalue weighted by molar-refractivity contribution is 0.399. The molecule has 0 fully saturated rings. The van der Waals surface area contributed by atoms with E-state index in [1.165, 1.54) is 0 Å². The van der Waals surface area contributed by atoms with Gasteiger partial charge in [0.1, 0.15) is 5.82 Å². The van der Waals surface area contributed by atoms with Crippen LogP contribution in [0.4, 0.5) is 0 Å². The van der Waals surface area contributed by atoms with Crippen LogP contribution in [0.25, 0.3) is 0 Å². The number of nitrogens with one attached hydrogen (secondary N) is 1. The largest absolute Gasteiger partial charge is 0.348 e. The van der Waals surface area contributed by atoms with Crippen molar-refractivity contribution in [3.63, 3.8) is 0 Å². The zero-order valence-electron chi connectivity index (χ0n) is 6.73. The van der Waals surface area contributed by atoms with Crippen LogP contribution in [-0.2, 0) is 6.42 Å². The first-order valence-corrected chi connectivity index (χ1v) is 4.19. The smallest absolute Gasteiger partial charge is 0.314 e. The predicted molar refractivity (Wildman–Crippen MR) is 48.7 cm³/mol. The van der Waals surface area contributed by atoms with Crippen LogP contribution in [-0.4, -0.2) is 15.1 Å². The minimum Gasteiger partial charge on any atom is -0.348 e. The summed E-state index contributed by atoms with van der Waals surface area (Å²) in [6.07, 6.45) is 4.16. The van der Waals surface area contributed by atoms with Gasteiger partial charge in [-0.2, -0.15) is 4.98 Å². The van der Waals surface area contributed by atoms with Crippen molar-refractivity contribution in [2.75, 3.05) is 0 Å². The number of hydrogen-bond donors (Lipinski definition) is 1. The Labute approximate surface area is 79.6 Å². The van der Waals surface area contributed by atoms with Gasteiger partial charge in [-0.25, -0.2) is 5.16 Å². The Morgan fingerprint density at radius 3 is 2.77 bits per heavy atom. The third-order valence-electron chi connectivity index (χ3n) is 1.60. The third-order valence-corrected chi connectivity index (χ3v) is 1.78. The molecule has 0 aromatic carbocycles. The van der Waals surface area contributed by atoms with Gasteiger partial charge >= 0.3 is 4.84 Å². The number of hydrogen-bond acceptors (Lipinski definition) is 4. The maximum absolute atomic E-state index is 4.80. The normalized spacial score (nSPS) is 10.2. The van der Waals surface area contributed by atoms with Crippen molar-refractivity contribution < 1.29 is 4.52 Å². The van der Waals surface area contributed by atoms with Gasteiger partial charge in [0.15, 0.2) is 0 Å². The number of nitrogens with zero attached hydrogens (tertiary/aromatic N) is 2. The third kappa shape index (κ3) is 2.00. The average molecular weight is 193 g/mol. The van der Waals surface area contributed by atoms with Gasteiger partial charge in [-0.3, -0.25) is 4.98 Å². The number of rotatable bonds is 2. The second-order valence-electron chi connectivity index (χ2n) is 2.56. The van der Waals surface area contributed by atoms with Gasteiger partial charge in [0, 0.05) is 18.8 Å². The van der Waals surface area contributed by atoms with Crippen LogP contribution in [0.3, 0.4) is 0 Å². The van der Waals surface area contributed by atoms with E-state index in [2.05, 4.69) is 15.1 Å². The van der Waals surface area contributed by atoms with Gasteiger partial charge in [-0.15, -0.1) is 0 Å². The summed E-state index contributed by atoms with van der Waals surface area (Å²) in [7, 11) is 0. The van der Waals surface area contributed by atoms with E-state index in [1.54, 1.807) is 12.4 Å². The summed E-state index contributed by atoms with van der Waals surface area (Å²) >= 11 is 4.73. The molecule has 5 heteroatoms. The van der Waals surface area contributed by atoms with E-state index in [4.69, 9.17) is 16.7 Å². The van der Waals surface area contributed by atoms with Crippen LogP contribution < -0.4 is 0 Å². The van der Waals surface area contributed by atoms with Gasteiger partial charge in [-0.05, 0) is 29.9 Å². The topological polar surface area (TPSA) is 54.7 Å². The summed E-state index contributed by atoms with van der Waals surface area (Å²) in [4.78, 5) is 8.14. The van der Waals surface area contributed by atoms with E-state index in [0.29, 0.717) is 6.42 Å². The molecule has 0 saturated carbocycles. The first kappa shape index (κ1) is 8.12. The van der Waals surface area contributed by atoms with Gasteiger partial charge in [0.25, 0.3) is 0 Å². The highest BCUT2D eigenvalue weighted by atomic mass is 32.1. The van der Waals surface area contributed by atoms with Crippen molar-refractivity contribution in [1.82, 2.24) is 15.1 Å². The molecule has 0 aliphatic rings. The van der Waals surface area contributed by atoms with Gasteiger partial charge < -0.3 is 4.52 Å². The molecule has 0 radical (unpaired) electrons. The van der Waals surface area contributed by atoms with Crippen LogP contribution in [0.2, 0.25) is 0 Å². The Bertz CT molecular complexity index is 434. The first-order valence-electron chi connectivity index (χ1n) is 3.78. The van der Waals surface area contributed by atoms with Crippen LogP contribution in [0.1, 0.15) is 11.4 Å². The number of aromatic nitrogens is 3. The summed E-state index contributed by atoms with van der Waals surface area (Å²) in [5.41, 5.74) is 1.12. The quantitative estimate of drug-likeness (QED) is 0.738. The summed E-state index contributed by atoms with van der Waals surface area (Å²) < 4.78 is 4.80. The van der Waals surface area contributed by atoms with Crippen LogP contribution >= 0.6 is 12.2 Å². The van der Waals surface area contributed by atoms with Gasteiger partial charge in [0.05, 0.1) is 0 Å². The highest BCUT2D eigenvalue weighted by Crippen LogP contribution is 2.03. The van der Waals surface area contributed by atoms with E-state index in [1.807, 2.05) is 12.1 Å². The lowest BCUT2D eigenvalue weighted by atomic mass is 10.2. The summed E-state index contributed by atoms with van der Waals surface area (Å²) in [5, 5.41) is 2.64. The van der Waals surface area contributed by atoms with Crippen LogP contribution in [0.5, 0.6) is 0 Å². The molecular weight excluding hydrogens is 186 g/mol. The highest BCUT2D eigenvalue weighted by Gasteiger charge is 1.99. The number of H-pyrrole nitrogens is 1. The predicted octanol–water partition coefficient (Wildman–Crippen LogP) is 1.72. The highest BCUT2D eigenvalue weighted by molar-refractivity contribution is 7.71. The Hall–Kier alpha value is -1.49. The molecule has 4 nitrogen and oxygen atoms in total. The summed E-state index contributed by atoms with van der Waals surface area (Å²) in [5.74, 6) is 0.733. The fourth-order valence-electron chi connectivity index (χ4n) is 1.03. The monoisotopic (exact) mass is 193 g/mol. The second-order valence-corrected chi connectivity index (χ2v) is 2.91. The molecule has 13 heavy (non-hydrogen) atoms. The zero-order chi connectivity index (χ0) is 9.10. The van der Waals surface area contributed by atoms with Gasteiger partial charge in [-0.1, -0.05) is 0 Å². The molecule has 2 heterocycles. The average Bonchev–Trinajstić information content (AvgIpc) is 2.53. The Morgan fingerprint density at radius 1 is 1.38 bits per heavy atom. The van der Waals surface area contributed by atoms with E-state index < -0.39 is 0 Å². The lowest BCUT2D eigenvalue weighted by Gasteiger charge is -1.93. The number of aromatic amines is 1. The van der Waals surface area contributed by atoms with Crippen molar-refractivity contribution in [3.8, 4) is 0 Å². The summed E-state index contributed by atoms with van der Waals surface area (Å²) in [6.45, 7) is 0. The molecule has 66 valence electrons. The van der Waals surface area contributed by atoms with Crippen molar-refractivity contribution in [2.24, 2.45) is 0 Å². The fraction of sp³-hybridized carbons (Fsp3) is 0.125. The Kier molecular flexibility index (Phi) is 2.18. The van der Waals surface area contributed by atoms with Crippen LogP contribution in [0.15, 0.2) is 29.0 Å². The van der Waals surface area contributed by atoms with Gasteiger partial charge in [0.2, 0.25) is 0 Å². The number of pyridine rings is 1. The molecule has 0 spiro atoms. The zero-order valence-corrected chi connectivity index (χ0v) is 7.54. The Morgan fingerprint density at radius 2 is 2.15 bits per heavy atom. The standard InChI is InChI=1S/C8H7N3OS/c13-8-10-7(11-12-8)5-6-1-3-9-4-2-6/h1-4H,5H2,(H,10,11,13). The van der Waals surface area contributed by atoms with Crippen molar-refractivity contribution in [1.29, 1.82) is 0 Å². The molecule has 0 atom stereocenters. The minimum absolute atomic E-state index is 0.240. The maximum Gasteiger partial charge on any atom is 0.314 e. The minimum atomic E-state index is 0.240. The second kappa shape index (κ2) is 3.49. The fourth-order valence-corrected chi connectivity index (χ4v) is 1.18. The van der Waals surface area contributed by atoms with E-state index in [9.17, 15) is 0 Å². The van der Waals surface area contributed by atoms with Crippen LogP contribution in [0, 0.1) is 4.84 Å². The molecule has 0 aliphatic heterocycles. The van der Waals surface area contributed by atoms with E-state index in [-0.39, 0.29) is 4.84 Å². The molecule has 2 rings (SSSR count). The molecule has 2 aromatic heterocycles. The SMILES string of the molecule is S=c1nc(Cc2ccncc2)[nH]o1. The van der Waals surface area contributed by atoms with Crippen molar-refractivity contribution in [2.45, 2.75) is 6.42 Å². The molecule has 0 saturated heterocycles. The van der Waals surface area contributed by atoms with Crippen molar-refractivity contribution >= 4 is 12.2 Å².